The summed E-state index contributed by atoms with van der Waals surface area (Å²) in [5, 5.41) is 0. The Hall–Kier alpha value is -0.740. The number of halogens is 2. The van der Waals surface area contributed by atoms with Gasteiger partial charge in [-0.05, 0) is 32.0 Å². The third-order valence-electron chi connectivity index (χ3n) is 2.64. The van der Waals surface area contributed by atoms with Crippen LogP contribution in [0.3, 0.4) is 0 Å². The van der Waals surface area contributed by atoms with Crippen LogP contribution in [0.1, 0.15) is 19.4 Å². The molecule has 0 fully saturated rings. The van der Waals surface area contributed by atoms with Gasteiger partial charge in [0.15, 0.2) is 0 Å². The summed E-state index contributed by atoms with van der Waals surface area (Å²) in [5.74, 6) is -0.243. The second-order valence-corrected chi connectivity index (χ2v) is 5.15. The molecule has 86 valence electrons. The van der Waals surface area contributed by atoms with Gasteiger partial charge in [-0.3, -0.25) is 4.99 Å². The van der Waals surface area contributed by atoms with E-state index in [9.17, 15) is 4.39 Å². The Balaban J connectivity index is 2.50. The normalized spacial score (nSPS) is 25.4. The quantitative estimate of drug-likeness (QED) is 0.776. The zero-order valence-electron chi connectivity index (χ0n) is 9.26. The fourth-order valence-electron chi connectivity index (χ4n) is 1.93. The molecule has 0 bridgehead atoms. The molecule has 0 spiro atoms. The predicted octanol–water partition coefficient (Wildman–Crippen LogP) is 3.29. The van der Waals surface area contributed by atoms with Gasteiger partial charge in [-0.25, -0.2) is 4.39 Å². The molecule has 1 atom stereocenters. The first-order chi connectivity index (χ1) is 7.51. The smallest absolute Gasteiger partial charge is 0.129 e. The van der Waals surface area contributed by atoms with E-state index in [0.717, 1.165) is 10.2 Å². The van der Waals surface area contributed by atoms with Crippen molar-refractivity contribution < 1.29 is 9.13 Å². The summed E-state index contributed by atoms with van der Waals surface area (Å²) in [6.07, 6.45) is 0. The maximum Gasteiger partial charge on any atom is 0.129 e. The molecular formula is C12H13BrFNO. The lowest BCUT2D eigenvalue weighted by Gasteiger charge is -2.30. The summed E-state index contributed by atoms with van der Waals surface area (Å²) >= 11 is 3.35. The van der Waals surface area contributed by atoms with E-state index in [0.29, 0.717) is 18.8 Å². The first-order valence-electron chi connectivity index (χ1n) is 5.10. The van der Waals surface area contributed by atoms with Crippen LogP contribution < -0.4 is 0 Å². The van der Waals surface area contributed by atoms with Gasteiger partial charge in [-0.2, -0.15) is 0 Å². The molecule has 1 aliphatic heterocycles. The van der Waals surface area contributed by atoms with Crippen molar-refractivity contribution in [2.75, 3.05) is 13.2 Å². The molecule has 0 unspecified atom stereocenters. The molecule has 0 saturated heterocycles. The van der Waals surface area contributed by atoms with Crippen LogP contribution in [0.25, 0.3) is 0 Å². The highest BCUT2D eigenvalue weighted by molar-refractivity contribution is 9.10. The predicted molar refractivity (Wildman–Crippen MR) is 65.4 cm³/mol. The van der Waals surface area contributed by atoms with E-state index in [1.54, 1.807) is 12.1 Å². The van der Waals surface area contributed by atoms with Gasteiger partial charge in [0.1, 0.15) is 11.4 Å². The fraction of sp³-hybridized carbons (Fsp3) is 0.417. The van der Waals surface area contributed by atoms with Crippen LogP contribution in [0.2, 0.25) is 0 Å². The van der Waals surface area contributed by atoms with E-state index >= 15 is 0 Å². The summed E-state index contributed by atoms with van der Waals surface area (Å²) < 4.78 is 20.1. The standard InChI is InChI=1S/C12H13BrFNO/c1-8-6-16-7-12(2,15-8)10-5-9(13)3-4-11(10)14/h3-5H,6-7H2,1-2H3/t12-/m0/s1. The molecule has 0 aromatic heterocycles. The SMILES string of the molecule is CC1=N[C@](C)(c2cc(Br)ccc2F)COC1. The van der Waals surface area contributed by atoms with Gasteiger partial charge >= 0.3 is 0 Å². The zero-order valence-corrected chi connectivity index (χ0v) is 10.8. The number of aliphatic imine (C=N–C) groups is 1. The number of nitrogens with zero attached hydrogens (tertiary/aromatic N) is 1. The van der Waals surface area contributed by atoms with E-state index in [1.807, 2.05) is 13.8 Å². The molecule has 2 nitrogen and oxygen atoms in total. The van der Waals surface area contributed by atoms with E-state index in [2.05, 4.69) is 20.9 Å². The summed E-state index contributed by atoms with van der Waals surface area (Å²) in [4.78, 5) is 4.52. The summed E-state index contributed by atoms with van der Waals surface area (Å²) in [6, 6.07) is 4.90. The van der Waals surface area contributed by atoms with Crippen molar-refractivity contribution in [3.05, 3.63) is 34.1 Å². The molecular weight excluding hydrogens is 273 g/mol. The van der Waals surface area contributed by atoms with Crippen LogP contribution in [-0.2, 0) is 10.3 Å². The van der Waals surface area contributed by atoms with Crippen molar-refractivity contribution in [3.63, 3.8) is 0 Å². The Kier molecular flexibility index (Phi) is 3.13. The number of hydrogen-bond donors (Lipinski definition) is 0. The largest absolute Gasteiger partial charge is 0.373 e. The first kappa shape index (κ1) is 11.7. The number of rotatable bonds is 1. The number of ether oxygens (including phenoxy) is 1. The maximum atomic E-state index is 13.8. The molecule has 0 amide bonds. The first-order valence-corrected chi connectivity index (χ1v) is 5.89. The molecule has 4 heteroatoms. The molecule has 0 radical (unpaired) electrons. The van der Waals surface area contributed by atoms with Crippen LogP contribution in [0, 0.1) is 5.82 Å². The van der Waals surface area contributed by atoms with Crippen LogP contribution in [0.15, 0.2) is 27.7 Å². The van der Waals surface area contributed by atoms with Gasteiger partial charge in [0, 0.05) is 15.7 Å². The Bertz CT molecular complexity index is 447. The maximum absolute atomic E-state index is 13.8. The Morgan fingerprint density at radius 3 is 2.94 bits per heavy atom. The van der Waals surface area contributed by atoms with Crippen molar-refractivity contribution >= 4 is 21.6 Å². The van der Waals surface area contributed by atoms with Gasteiger partial charge in [0.2, 0.25) is 0 Å². The van der Waals surface area contributed by atoms with Crippen molar-refractivity contribution in [3.8, 4) is 0 Å². The van der Waals surface area contributed by atoms with Gasteiger partial charge in [0.05, 0.1) is 13.2 Å². The zero-order chi connectivity index (χ0) is 11.8. The van der Waals surface area contributed by atoms with Crippen molar-refractivity contribution in [1.82, 2.24) is 0 Å². The Labute approximate surface area is 103 Å². The lowest BCUT2D eigenvalue weighted by atomic mass is 9.92. The van der Waals surface area contributed by atoms with Gasteiger partial charge < -0.3 is 4.74 Å². The van der Waals surface area contributed by atoms with E-state index < -0.39 is 5.54 Å². The van der Waals surface area contributed by atoms with E-state index in [4.69, 9.17) is 4.74 Å². The van der Waals surface area contributed by atoms with Crippen molar-refractivity contribution in [1.29, 1.82) is 0 Å². The molecule has 1 aromatic carbocycles. The van der Waals surface area contributed by atoms with E-state index in [1.165, 1.54) is 6.07 Å². The third kappa shape index (κ3) is 2.18. The van der Waals surface area contributed by atoms with Crippen LogP contribution in [0.5, 0.6) is 0 Å². The molecule has 0 aliphatic carbocycles. The minimum Gasteiger partial charge on any atom is -0.373 e. The van der Waals surface area contributed by atoms with Gasteiger partial charge in [-0.1, -0.05) is 15.9 Å². The highest BCUT2D eigenvalue weighted by Gasteiger charge is 2.32. The van der Waals surface area contributed by atoms with Gasteiger partial charge in [0.25, 0.3) is 0 Å². The summed E-state index contributed by atoms with van der Waals surface area (Å²) in [6.45, 7) is 4.73. The minimum absolute atomic E-state index is 0.243. The highest BCUT2D eigenvalue weighted by Crippen LogP contribution is 2.32. The third-order valence-corrected chi connectivity index (χ3v) is 3.13. The molecule has 16 heavy (non-hydrogen) atoms. The van der Waals surface area contributed by atoms with Crippen LogP contribution in [0.4, 0.5) is 4.39 Å². The summed E-state index contributed by atoms with van der Waals surface area (Å²) in [5.41, 5.74) is 0.852. The molecule has 0 saturated carbocycles. The second kappa shape index (κ2) is 4.26. The van der Waals surface area contributed by atoms with Crippen molar-refractivity contribution in [2.24, 2.45) is 4.99 Å². The lowest BCUT2D eigenvalue weighted by molar-refractivity contribution is 0.104. The van der Waals surface area contributed by atoms with Crippen LogP contribution in [-0.4, -0.2) is 18.9 Å². The monoisotopic (exact) mass is 285 g/mol. The minimum atomic E-state index is -0.615. The number of hydrogen-bond acceptors (Lipinski definition) is 2. The molecule has 2 rings (SSSR count). The molecule has 0 N–H and O–H groups in total. The van der Waals surface area contributed by atoms with E-state index in [-0.39, 0.29) is 5.82 Å². The summed E-state index contributed by atoms with van der Waals surface area (Å²) in [7, 11) is 0. The molecule has 1 heterocycles. The Morgan fingerprint density at radius 2 is 2.25 bits per heavy atom. The molecule has 1 aromatic rings. The number of benzene rings is 1. The highest BCUT2D eigenvalue weighted by atomic mass is 79.9. The fourth-order valence-corrected chi connectivity index (χ4v) is 2.29. The average molecular weight is 286 g/mol. The Morgan fingerprint density at radius 1 is 1.50 bits per heavy atom. The lowest BCUT2D eigenvalue weighted by Crippen LogP contribution is -2.34. The van der Waals surface area contributed by atoms with Gasteiger partial charge in [-0.15, -0.1) is 0 Å². The average Bonchev–Trinajstić information content (AvgIpc) is 2.21. The second-order valence-electron chi connectivity index (χ2n) is 4.24. The van der Waals surface area contributed by atoms with Crippen molar-refractivity contribution in [2.45, 2.75) is 19.4 Å². The topological polar surface area (TPSA) is 21.6 Å². The molecule has 1 aliphatic rings. The van der Waals surface area contributed by atoms with Crippen LogP contribution >= 0.6 is 15.9 Å².